The minimum Gasteiger partial charge on any atom is -0.326 e. The molecule has 2 amide bonds. The van der Waals surface area contributed by atoms with Crippen molar-refractivity contribution in [3.05, 3.63) is 65.2 Å². The second-order valence-electron chi connectivity index (χ2n) is 6.07. The Balaban J connectivity index is 1.94. The molecule has 0 fully saturated rings. The molecule has 2 aromatic rings. The maximum absolute atomic E-state index is 13.5. The molecule has 2 rings (SSSR count). The lowest BCUT2D eigenvalue weighted by molar-refractivity contribution is -0.116. The second kappa shape index (κ2) is 8.84. The van der Waals surface area contributed by atoms with Crippen LogP contribution in [0.25, 0.3) is 0 Å². The Morgan fingerprint density at radius 2 is 1.81 bits per heavy atom. The zero-order chi connectivity index (χ0) is 19.1. The van der Waals surface area contributed by atoms with Crippen molar-refractivity contribution in [3.63, 3.8) is 0 Å². The molecule has 0 bridgehead atoms. The van der Waals surface area contributed by atoms with Crippen LogP contribution in [0.15, 0.2) is 47.6 Å². The average molecular weight is 359 g/mol. The van der Waals surface area contributed by atoms with E-state index in [2.05, 4.69) is 15.8 Å². The highest BCUT2D eigenvalue weighted by molar-refractivity contribution is 5.96. The number of benzene rings is 2. The molecule has 136 valence electrons. The highest BCUT2D eigenvalue weighted by Gasteiger charge is 2.08. The summed E-state index contributed by atoms with van der Waals surface area (Å²) >= 11 is 0. The van der Waals surface area contributed by atoms with E-state index in [9.17, 15) is 18.4 Å². The molecular weight excluding hydrogens is 340 g/mol. The summed E-state index contributed by atoms with van der Waals surface area (Å²) in [5.41, 5.74) is 3.05. The van der Waals surface area contributed by atoms with Crippen molar-refractivity contribution in [1.29, 1.82) is 0 Å². The number of hydrazone groups is 1. The molecule has 0 heterocycles. The molecule has 0 aliphatic carbocycles. The van der Waals surface area contributed by atoms with Gasteiger partial charge in [-0.1, -0.05) is 26.0 Å². The number of amides is 2. The summed E-state index contributed by atoms with van der Waals surface area (Å²) in [6, 6.07) is 9.92. The van der Waals surface area contributed by atoms with E-state index in [1.807, 2.05) is 13.8 Å². The van der Waals surface area contributed by atoms with Gasteiger partial charge in [-0.2, -0.15) is 5.10 Å². The van der Waals surface area contributed by atoms with Gasteiger partial charge in [0.05, 0.1) is 6.21 Å². The fourth-order valence-corrected chi connectivity index (χ4v) is 2.13. The van der Waals surface area contributed by atoms with Crippen LogP contribution in [0.5, 0.6) is 0 Å². The smallest absolute Gasteiger partial charge is 0.271 e. The molecule has 0 aliphatic rings. The van der Waals surface area contributed by atoms with Gasteiger partial charge in [0, 0.05) is 23.2 Å². The predicted molar refractivity (Wildman–Crippen MR) is 95.9 cm³/mol. The number of hydrogen-bond acceptors (Lipinski definition) is 3. The van der Waals surface area contributed by atoms with E-state index in [0.717, 1.165) is 12.3 Å². The maximum Gasteiger partial charge on any atom is 0.271 e. The molecule has 0 aliphatic heterocycles. The molecule has 2 N–H and O–H groups in total. The van der Waals surface area contributed by atoms with Crippen molar-refractivity contribution in [2.45, 2.75) is 20.3 Å². The van der Waals surface area contributed by atoms with Gasteiger partial charge < -0.3 is 5.32 Å². The quantitative estimate of drug-likeness (QED) is 0.610. The van der Waals surface area contributed by atoms with Gasteiger partial charge in [-0.3, -0.25) is 9.59 Å². The lowest BCUT2D eigenvalue weighted by Gasteiger charge is -2.07. The number of rotatable bonds is 6. The molecule has 2 aromatic carbocycles. The summed E-state index contributed by atoms with van der Waals surface area (Å²) in [5.74, 6) is -2.39. The minimum atomic E-state index is -1.04. The topological polar surface area (TPSA) is 70.6 Å². The van der Waals surface area contributed by atoms with E-state index in [4.69, 9.17) is 0 Å². The molecule has 26 heavy (non-hydrogen) atoms. The van der Waals surface area contributed by atoms with E-state index in [-0.39, 0.29) is 17.4 Å². The van der Waals surface area contributed by atoms with Crippen molar-refractivity contribution in [3.8, 4) is 0 Å². The summed E-state index contributed by atoms with van der Waals surface area (Å²) in [4.78, 5) is 23.7. The normalized spacial score (nSPS) is 11.0. The van der Waals surface area contributed by atoms with Gasteiger partial charge in [0.25, 0.3) is 5.91 Å². The Morgan fingerprint density at radius 3 is 2.46 bits per heavy atom. The van der Waals surface area contributed by atoms with Crippen LogP contribution in [-0.4, -0.2) is 18.0 Å². The van der Waals surface area contributed by atoms with Crippen LogP contribution in [0.3, 0.4) is 0 Å². The van der Waals surface area contributed by atoms with Gasteiger partial charge in [-0.15, -0.1) is 0 Å². The summed E-state index contributed by atoms with van der Waals surface area (Å²) < 4.78 is 26.5. The van der Waals surface area contributed by atoms with Gasteiger partial charge in [0.2, 0.25) is 5.91 Å². The fraction of sp³-hybridized carbons (Fsp3) is 0.211. The van der Waals surface area contributed by atoms with Crippen LogP contribution in [0.4, 0.5) is 14.5 Å². The van der Waals surface area contributed by atoms with Gasteiger partial charge in [-0.05, 0) is 36.2 Å². The Labute approximate surface area is 150 Å². The molecule has 0 spiro atoms. The number of nitrogens with one attached hydrogen (secondary N) is 2. The fourth-order valence-electron chi connectivity index (χ4n) is 2.13. The third kappa shape index (κ3) is 5.47. The van der Waals surface area contributed by atoms with Gasteiger partial charge in [-0.25, -0.2) is 14.2 Å². The third-order valence-corrected chi connectivity index (χ3v) is 3.38. The first kappa shape index (κ1) is 19.2. The molecule has 0 atom stereocenters. The number of nitrogens with zero attached hydrogens (tertiary/aromatic N) is 1. The van der Waals surface area contributed by atoms with E-state index in [1.54, 1.807) is 12.1 Å². The Morgan fingerprint density at radius 1 is 1.12 bits per heavy atom. The molecule has 0 saturated heterocycles. The second-order valence-corrected chi connectivity index (χ2v) is 6.07. The van der Waals surface area contributed by atoms with Crippen molar-refractivity contribution in [2.24, 2.45) is 11.0 Å². The standard InChI is InChI=1S/C19H19F2N3O2/c1-12(2)10-17(25)23-15-8-6-13(7-9-15)19(26)24-22-11-14-4-3-5-16(20)18(14)21/h3-9,11-12H,10H2,1-2H3,(H,23,25)(H,24,26)/b22-11+. The van der Waals surface area contributed by atoms with Crippen LogP contribution >= 0.6 is 0 Å². The van der Waals surface area contributed by atoms with E-state index >= 15 is 0 Å². The minimum absolute atomic E-state index is 0.0755. The van der Waals surface area contributed by atoms with E-state index < -0.39 is 17.5 Å². The third-order valence-electron chi connectivity index (χ3n) is 3.38. The van der Waals surface area contributed by atoms with Crippen molar-refractivity contribution in [1.82, 2.24) is 5.43 Å². The highest BCUT2D eigenvalue weighted by Crippen LogP contribution is 2.12. The van der Waals surface area contributed by atoms with Crippen molar-refractivity contribution in [2.75, 3.05) is 5.32 Å². The Bertz CT molecular complexity index is 818. The van der Waals surface area contributed by atoms with E-state index in [1.165, 1.54) is 24.3 Å². The highest BCUT2D eigenvalue weighted by atomic mass is 19.2. The van der Waals surface area contributed by atoms with Gasteiger partial charge in [0.15, 0.2) is 11.6 Å². The maximum atomic E-state index is 13.5. The summed E-state index contributed by atoms with van der Waals surface area (Å²) in [6.07, 6.45) is 1.43. The first-order valence-corrected chi connectivity index (χ1v) is 8.04. The number of hydrogen-bond donors (Lipinski definition) is 2. The molecule has 0 unspecified atom stereocenters. The molecule has 0 saturated carbocycles. The number of halogens is 2. The predicted octanol–water partition coefficient (Wildman–Crippen LogP) is 3.71. The number of carbonyl (C=O) groups excluding carboxylic acids is 2. The summed E-state index contributed by atoms with van der Waals surface area (Å²) in [5, 5.41) is 6.36. The zero-order valence-corrected chi connectivity index (χ0v) is 14.4. The van der Waals surface area contributed by atoms with Gasteiger partial charge in [0.1, 0.15) is 0 Å². The van der Waals surface area contributed by atoms with Crippen LogP contribution < -0.4 is 10.7 Å². The average Bonchev–Trinajstić information content (AvgIpc) is 2.58. The molecule has 0 radical (unpaired) electrons. The first-order valence-electron chi connectivity index (χ1n) is 8.04. The monoisotopic (exact) mass is 359 g/mol. The molecule has 0 aromatic heterocycles. The first-order chi connectivity index (χ1) is 12.4. The zero-order valence-electron chi connectivity index (χ0n) is 14.4. The van der Waals surface area contributed by atoms with E-state index in [0.29, 0.717) is 17.7 Å². The van der Waals surface area contributed by atoms with Crippen LogP contribution in [-0.2, 0) is 4.79 Å². The molecule has 5 nitrogen and oxygen atoms in total. The van der Waals surface area contributed by atoms with Crippen LogP contribution in [0.1, 0.15) is 36.2 Å². The number of anilines is 1. The lowest BCUT2D eigenvalue weighted by atomic mass is 10.1. The summed E-state index contributed by atoms with van der Waals surface area (Å²) in [6.45, 7) is 3.90. The largest absolute Gasteiger partial charge is 0.326 e. The molecule has 7 heteroatoms. The lowest BCUT2D eigenvalue weighted by Crippen LogP contribution is -2.18. The Kier molecular flexibility index (Phi) is 6.54. The van der Waals surface area contributed by atoms with Crippen molar-refractivity contribution < 1.29 is 18.4 Å². The van der Waals surface area contributed by atoms with Gasteiger partial charge >= 0.3 is 0 Å². The SMILES string of the molecule is CC(C)CC(=O)Nc1ccc(C(=O)N/N=C/c2cccc(F)c2F)cc1. The number of carbonyl (C=O) groups is 2. The van der Waals surface area contributed by atoms with Crippen LogP contribution in [0, 0.1) is 17.6 Å². The van der Waals surface area contributed by atoms with Crippen molar-refractivity contribution >= 4 is 23.7 Å². The summed E-state index contributed by atoms with van der Waals surface area (Å²) in [7, 11) is 0. The Hall–Kier alpha value is -3.09. The van der Waals surface area contributed by atoms with Crippen LogP contribution in [0.2, 0.25) is 0 Å². The molecular formula is C19H19F2N3O2.